The van der Waals surface area contributed by atoms with E-state index in [-0.39, 0.29) is 17.0 Å². The van der Waals surface area contributed by atoms with E-state index in [2.05, 4.69) is 15.3 Å². The molecule has 2 aromatic rings. The largest absolute Gasteiger partial charge is 0.262 e. The zero-order valence-electron chi connectivity index (χ0n) is 14.3. The van der Waals surface area contributed by atoms with Gasteiger partial charge in [-0.15, -0.1) is 5.10 Å². The molecule has 1 atom stereocenters. The quantitative estimate of drug-likeness (QED) is 0.824. The van der Waals surface area contributed by atoms with Crippen LogP contribution in [-0.4, -0.2) is 39.2 Å². The Morgan fingerprint density at radius 1 is 1.42 bits per heavy atom. The van der Waals surface area contributed by atoms with Crippen molar-refractivity contribution in [3.8, 4) is 0 Å². The van der Waals surface area contributed by atoms with E-state index >= 15 is 0 Å². The van der Waals surface area contributed by atoms with E-state index in [0.29, 0.717) is 6.54 Å². The van der Waals surface area contributed by atoms with E-state index in [1.54, 1.807) is 17.5 Å². The van der Waals surface area contributed by atoms with Crippen LogP contribution in [-0.2, 0) is 23.5 Å². The fraction of sp³-hybridized carbons (Fsp3) is 0.562. The normalized spacial score (nSPS) is 18.1. The summed E-state index contributed by atoms with van der Waals surface area (Å²) in [7, 11) is -2.10. The lowest BCUT2D eigenvalue weighted by Gasteiger charge is -2.34. The smallest absolute Gasteiger partial charge is 0.259 e. The van der Waals surface area contributed by atoms with Gasteiger partial charge in [0.1, 0.15) is 0 Å². The molecule has 0 bridgehead atoms. The first-order valence-corrected chi connectivity index (χ1v) is 9.65. The van der Waals surface area contributed by atoms with Crippen LogP contribution in [0.1, 0.15) is 44.0 Å². The van der Waals surface area contributed by atoms with Gasteiger partial charge in [0.2, 0.25) is 0 Å². The Hall–Kier alpha value is -1.80. The third-order valence-electron chi connectivity index (χ3n) is 4.30. The molecule has 0 saturated carbocycles. The first kappa shape index (κ1) is 17.0. The second-order valence-corrected chi connectivity index (χ2v) is 8.46. The maximum Gasteiger partial charge on any atom is 0.262 e. The highest BCUT2D eigenvalue weighted by Gasteiger charge is 2.37. The standard InChI is InChI=1S/C16H23N5O2S/c1-12(2)11-21(24(22,23)15-10-18-19-20(15)3)14-8-4-6-13-7-5-9-17-16(13)14/h5,7,9-10,12,14H,4,6,8,11H2,1-3H3/t14-/m0/s1. The maximum absolute atomic E-state index is 13.3. The van der Waals surface area contributed by atoms with Crippen molar-refractivity contribution in [3.05, 3.63) is 35.8 Å². The number of aryl methyl sites for hydroxylation is 2. The van der Waals surface area contributed by atoms with Crippen LogP contribution in [0, 0.1) is 5.92 Å². The number of fused-ring (bicyclic) bond motifs is 1. The van der Waals surface area contributed by atoms with E-state index in [1.165, 1.54) is 10.9 Å². The van der Waals surface area contributed by atoms with Crippen LogP contribution >= 0.6 is 0 Å². The highest BCUT2D eigenvalue weighted by molar-refractivity contribution is 7.89. The summed E-state index contributed by atoms with van der Waals surface area (Å²) >= 11 is 0. The summed E-state index contributed by atoms with van der Waals surface area (Å²) in [4.78, 5) is 4.50. The second kappa shape index (κ2) is 6.60. The molecule has 8 heteroatoms. The average Bonchev–Trinajstić information content (AvgIpc) is 2.99. The van der Waals surface area contributed by atoms with Crippen molar-refractivity contribution in [3.63, 3.8) is 0 Å². The molecular weight excluding hydrogens is 326 g/mol. The highest BCUT2D eigenvalue weighted by Crippen LogP contribution is 2.36. The minimum absolute atomic E-state index is 0.117. The molecule has 1 aliphatic rings. The number of pyridine rings is 1. The number of hydrogen-bond acceptors (Lipinski definition) is 5. The Kier molecular flexibility index (Phi) is 4.69. The van der Waals surface area contributed by atoms with Crippen LogP contribution in [0.25, 0.3) is 0 Å². The summed E-state index contributed by atoms with van der Waals surface area (Å²) in [5.74, 6) is 0.204. The predicted octanol–water partition coefficient (Wildman–Crippen LogP) is 1.93. The summed E-state index contributed by atoms with van der Waals surface area (Å²) in [6, 6.07) is 3.71. The van der Waals surface area contributed by atoms with Gasteiger partial charge < -0.3 is 0 Å². The molecule has 0 radical (unpaired) electrons. The van der Waals surface area contributed by atoms with E-state index in [4.69, 9.17) is 0 Å². The molecule has 2 heterocycles. The van der Waals surface area contributed by atoms with Gasteiger partial charge in [0.15, 0.2) is 5.03 Å². The highest BCUT2D eigenvalue weighted by atomic mass is 32.2. The molecular formula is C16H23N5O2S. The van der Waals surface area contributed by atoms with Gasteiger partial charge >= 0.3 is 0 Å². The lowest BCUT2D eigenvalue weighted by Crippen LogP contribution is -2.40. The van der Waals surface area contributed by atoms with E-state index in [0.717, 1.165) is 30.5 Å². The molecule has 0 spiro atoms. The van der Waals surface area contributed by atoms with Gasteiger partial charge in [-0.2, -0.15) is 4.31 Å². The maximum atomic E-state index is 13.3. The third-order valence-corrected chi connectivity index (χ3v) is 6.22. The number of rotatable bonds is 5. The molecule has 0 unspecified atom stereocenters. The minimum Gasteiger partial charge on any atom is -0.259 e. The van der Waals surface area contributed by atoms with Gasteiger partial charge in [-0.05, 0) is 36.8 Å². The molecule has 0 fully saturated rings. The summed E-state index contributed by atoms with van der Waals surface area (Å²) in [5.41, 5.74) is 2.02. The molecule has 3 rings (SSSR count). The lowest BCUT2D eigenvalue weighted by atomic mass is 9.91. The first-order chi connectivity index (χ1) is 11.4. The Morgan fingerprint density at radius 3 is 2.88 bits per heavy atom. The Morgan fingerprint density at radius 2 is 2.21 bits per heavy atom. The van der Waals surface area contributed by atoms with E-state index in [9.17, 15) is 8.42 Å². The lowest BCUT2D eigenvalue weighted by molar-refractivity contribution is 0.262. The molecule has 7 nitrogen and oxygen atoms in total. The molecule has 0 aliphatic heterocycles. The minimum atomic E-state index is -3.69. The topological polar surface area (TPSA) is 81.0 Å². The van der Waals surface area contributed by atoms with Crippen LogP contribution < -0.4 is 0 Å². The molecule has 0 amide bonds. The summed E-state index contributed by atoms with van der Waals surface area (Å²) in [5, 5.41) is 7.63. The van der Waals surface area contributed by atoms with Crippen molar-refractivity contribution in [2.45, 2.75) is 44.2 Å². The molecule has 0 N–H and O–H groups in total. The summed E-state index contributed by atoms with van der Waals surface area (Å²) in [6.45, 7) is 4.48. The fourth-order valence-electron chi connectivity index (χ4n) is 3.25. The van der Waals surface area contributed by atoms with Gasteiger partial charge in [-0.3, -0.25) is 4.98 Å². The van der Waals surface area contributed by atoms with Crippen LogP contribution in [0.4, 0.5) is 0 Å². The van der Waals surface area contributed by atoms with Crippen molar-refractivity contribution in [1.29, 1.82) is 0 Å². The number of nitrogens with zero attached hydrogens (tertiary/aromatic N) is 5. The van der Waals surface area contributed by atoms with Crippen molar-refractivity contribution < 1.29 is 8.42 Å². The predicted molar refractivity (Wildman–Crippen MR) is 89.6 cm³/mol. The Labute approximate surface area is 142 Å². The van der Waals surface area contributed by atoms with Gasteiger partial charge in [-0.1, -0.05) is 25.1 Å². The number of sulfonamides is 1. The van der Waals surface area contributed by atoms with Gasteiger partial charge in [0, 0.05) is 19.8 Å². The first-order valence-electron chi connectivity index (χ1n) is 8.21. The van der Waals surface area contributed by atoms with Crippen molar-refractivity contribution in [2.75, 3.05) is 6.54 Å². The average molecular weight is 349 g/mol. The monoisotopic (exact) mass is 349 g/mol. The van der Waals surface area contributed by atoms with E-state index in [1.807, 2.05) is 26.0 Å². The van der Waals surface area contributed by atoms with Gasteiger partial charge in [-0.25, -0.2) is 13.1 Å². The number of hydrogen-bond donors (Lipinski definition) is 0. The molecule has 0 saturated heterocycles. The molecule has 1 aliphatic carbocycles. The van der Waals surface area contributed by atoms with Crippen LogP contribution in [0.15, 0.2) is 29.6 Å². The zero-order chi connectivity index (χ0) is 17.3. The van der Waals surface area contributed by atoms with Crippen molar-refractivity contribution in [2.24, 2.45) is 13.0 Å². The van der Waals surface area contributed by atoms with Crippen LogP contribution in [0.5, 0.6) is 0 Å². The summed E-state index contributed by atoms with van der Waals surface area (Å²) < 4.78 is 29.4. The fourth-order valence-corrected chi connectivity index (χ4v) is 5.08. The van der Waals surface area contributed by atoms with Gasteiger partial charge in [0.25, 0.3) is 10.0 Å². The Bertz CT molecular complexity index is 815. The Balaban J connectivity index is 2.07. The van der Waals surface area contributed by atoms with E-state index < -0.39 is 10.0 Å². The molecule has 24 heavy (non-hydrogen) atoms. The third kappa shape index (κ3) is 3.08. The zero-order valence-corrected chi connectivity index (χ0v) is 15.1. The number of aromatic nitrogens is 4. The van der Waals surface area contributed by atoms with Crippen LogP contribution in [0.3, 0.4) is 0 Å². The molecule has 2 aromatic heterocycles. The van der Waals surface area contributed by atoms with Gasteiger partial charge in [0.05, 0.1) is 17.9 Å². The summed E-state index contributed by atoms with van der Waals surface area (Å²) in [6.07, 6.45) is 5.73. The second-order valence-electron chi connectivity index (χ2n) is 6.62. The van der Waals surface area contributed by atoms with Crippen LogP contribution in [0.2, 0.25) is 0 Å². The SMILES string of the molecule is CC(C)CN([C@H]1CCCc2cccnc21)S(=O)(=O)c1cnnn1C. The molecule has 130 valence electrons. The molecule has 0 aromatic carbocycles. The van der Waals surface area contributed by atoms with Crippen molar-refractivity contribution >= 4 is 10.0 Å². The van der Waals surface area contributed by atoms with Crippen molar-refractivity contribution in [1.82, 2.24) is 24.3 Å².